The van der Waals surface area contributed by atoms with Crippen LogP contribution in [0.3, 0.4) is 0 Å². The van der Waals surface area contributed by atoms with E-state index in [0.717, 1.165) is 16.9 Å². The van der Waals surface area contributed by atoms with Crippen LogP contribution in [0.25, 0.3) is 5.57 Å². The van der Waals surface area contributed by atoms with Gasteiger partial charge in [0.2, 0.25) is 0 Å². The maximum Gasteiger partial charge on any atom is 0.176 e. The Hall–Kier alpha value is -0.690. The quantitative estimate of drug-likeness (QED) is 0.702. The second kappa shape index (κ2) is 6.65. The molecule has 0 atom stereocenters. The summed E-state index contributed by atoms with van der Waals surface area (Å²) in [6.45, 7) is 5.01. The van der Waals surface area contributed by atoms with Crippen molar-refractivity contribution in [1.29, 1.82) is 0 Å². The van der Waals surface area contributed by atoms with Crippen molar-refractivity contribution in [1.82, 2.24) is 0 Å². The topological polar surface area (TPSA) is 30.8 Å². The number of ether oxygens (including phenoxy) is 2. The van der Waals surface area contributed by atoms with Gasteiger partial charge in [0.05, 0.1) is 19.9 Å². The first kappa shape index (κ1) is 14.7. The van der Waals surface area contributed by atoms with E-state index < -0.39 is 0 Å². The average Bonchev–Trinajstić information content (AvgIpc) is 2.46. The molecule has 0 fully saturated rings. The number of benzene rings is 1. The van der Waals surface area contributed by atoms with E-state index >= 15 is 0 Å². The highest BCUT2D eigenvalue weighted by molar-refractivity contribution is 14.2. The molecular weight excluding hydrogens is 373 g/mol. The normalized spacial score (nSPS) is 14.3. The van der Waals surface area contributed by atoms with E-state index in [2.05, 4.69) is 52.2 Å². The molecule has 0 bridgehead atoms. The van der Waals surface area contributed by atoms with Gasteiger partial charge in [0.1, 0.15) is 5.75 Å². The fourth-order valence-corrected chi connectivity index (χ4v) is 3.68. The minimum atomic E-state index is 0.467. The Morgan fingerprint density at radius 1 is 1.42 bits per heavy atom. The summed E-state index contributed by atoms with van der Waals surface area (Å²) in [7, 11) is 3.43. The third-order valence-electron chi connectivity index (χ3n) is 2.99. The largest absolute Gasteiger partial charge is 0.496 e. The van der Waals surface area contributed by atoms with Crippen LogP contribution >= 0.6 is 30.1 Å². The summed E-state index contributed by atoms with van der Waals surface area (Å²) < 4.78 is 10.7. The molecule has 2 rings (SSSR count). The van der Waals surface area contributed by atoms with E-state index in [0.29, 0.717) is 12.5 Å². The number of hydrogen-bond donors (Lipinski definition) is 0. The Labute approximate surface area is 130 Å². The fraction of sp³-hybridized carbons (Fsp3) is 0.357. The molecular formula is C14H16INO2S. The Balaban J connectivity index is 2.51. The molecule has 3 nitrogen and oxygen atoms in total. The van der Waals surface area contributed by atoms with Gasteiger partial charge in [-0.1, -0.05) is 22.8 Å². The van der Waals surface area contributed by atoms with Crippen LogP contribution in [0.2, 0.25) is 0 Å². The van der Waals surface area contributed by atoms with Gasteiger partial charge in [-0.25, -0.2) is 0 Å². The van der Waals surface area contributed by atoms with Gasteiger partial charge in [0.25, 0.3) is 0 Å². The lowest BCUT2D eigenvalue weighted by molar-refractivity contribution is 0.411. The van der Waals surface area contributed by atoms with Crippen molar-refractivity contribution in [2.75, 3.05) is 13.7 Å². The monoisotopic (exact) mass is 389 g/mol. The second-order valence-corrected chi connectivity index (χ2v) is 6.46. The Morgan fingerprint density at radius 2 is 2.21 bits per heavy atom. The second-order valence-electron chi connectivity index (χ2n) is 4.55. The molecule has 102 valence electrons. The van der Waals surface area contributed by atoms with Gasteiger partial charge in [-0.05, 0) is 23.6 Å². The number of hydrogen-bond acceptors (Lipinski definition) is 4. The van der Waals surface area contributed by atoms with E-state index in [1.54, 1.807) is 22.3 Å². The van der Waals surface area contributed by atoms with Crippen LogP contribution in [0, 0.1) is 0 Å². The third kappa shape index (κ3) is 3.25. The summed E-state index contributed by atoms with van der Waals surface area (Å²) in [6.07, 6.45) is 3.20. The maximum absolute atomic E-state index is 5.53. The summed E-state index contributed by atoms with van der Waals surface area (Å²) in [5.74, 6) is 1.35. The zero-order chi connectivity index (χ0) is 13.8. The first-order chi connectivity index (χ1) is 9.17. The predicted molar refractivity (Wildman–Crippen MR) is 89.4 cm³/mol. The highest BCUT2D eigenvalue weighted by atomic mass is 127. The van der Waals surface area contributed by atoms with Gasteiger partial charge in [0.15, 0.2) is 6.40 Å². The van der Waals surface area contributed by atoms with Gasteiger partial charge >= 0.3 is 0 Å². The van der Waals surface area contributed by atoms with Crippen LogP contribution in [-0.2, 0) is 4.74 Å². The van der Waals surface area contributed by atoms with E-state index in [9.17, 15) is 0 Å². The lowest BCUT2D eigenvalue weighted by Gasteiger charge is -2.18. The molecule has 19 heavy (non-hydrogen) atoms. The van der Waals surface area contributed by atoms with Crippen molar-refractivity contribution in [2.45, 2.75) is 24.7 Å². The molecule has 0 aliphatic carbocycles. The van der Waals surface area contributed by atoms with Crippen LogP contribution < -0.4 is 4.74 Å². The maximum atomic E-state index is 5.53. The number of methoxy groups -OCH3 is 1. The summed E-state index contributed by atoms with van der Waals surface area (Å²) >= 11 is 2.32. The number of aliphatic imine (C=N–C) groups is 1. The molecule has 0 saturated heterocycles. The Morgan fingerprint density at radius 3 is 2.74 bits per heavy atom. The zero-order valence-corrected chi connectivity index (χ0v) is 14.1. The highest BCUT2D eigenvalue weighted by Crippen LogP contribution is 2.39. The van der Waals surface area contributed by atoms with Gasteiger partial charge < -0.3 is 9.47 Å². The van der Waals surface area contributed by atoms with Crippen molar-refractivity contribution in [3.05, 3.63) is 29.5 Å². The molecule has 0 spiro atoms. The van der Waals surface area contributed by atoms with Crippen LogP contribution in [0.1, 0.15) is 30.9 Å². The fourth-order valence-electron chi connectivity index (χ4n) is 1.99. The van der Waals surface area contributed by atoms with Gasteiger partial charge in [-0.15, -0.1) is 0 Å². The molecule has 0 radical (unpaired) electrons. The minimum absolute atomic E-state index is 0.467. The van der Waals surface area contributed by atoms with E-state index in [1.165, 1.54) is 16.9 Å². The number of halogens is 1. The minimum Gasteiger partial charge on any atom is -0.496 e. The Bertz CT molecular complexity index is 526. The lowest BCUT2D eigenvalue weighted by atomic mass is 9.97. The predicted octanol–water partition coefficient (Wildman–Crippen LogP) is 4.66. The molecule has 1 aromatic carbocycles. The van der Waals surface area contributed by atoms with E-state index in [1.807, 2.05) is 0 Å². The first-order valence-electron chi connectivity index (χ1n) is 6.01. The number of nitrogens with zero attached hydrogens (tertiary/aromatic N) is 1. The van der Waals surface area contributed by atoms with Crippen molar-refractivity contribution in [3.63, 3.8) is 0 Å². The molecule has 0 aromatic heterocycles. The smallest absolute Gasteiger partial charge is 0.176 e. The molecule has 1 heterocycles. The molecule has 0 saturated carbocycles. The first-order valence-corrected chi connectivity index (χ1v) is 9.37. The van der Waals surface area contributed by atoms with Crippen LogP contribution in [0.15, 0.2) is 28.3 Å². The summed E-state index contributed by atoms with van der Waals surface area (Å²) in [6, 6.07) is 4.29. The van der Waals surface area contributed by atoms with E-state index in [4.69, 9.17) is 9.47 Å². The summed E-state index contributed by atoms with van der Waals surface area (Å²) in [4.78, 5) is 5.41. The molecule has 0 N–H and O–H groups in total. The third-order valence-corrected chi connectivity index (χ3v) is 4.93. The Kier molecular flexibility index (Phi) is 5.15. The number of rotatable bonds is 4. The van der Waals surface area contributed by atoms with Gasteiger partial charge in [-0.3, -0.25) is 4.99 Å². The van der Waals surface area contributed by atoms with Crippen LogP contribution in [0.4, 0.5) is 0 Å². The van der Waals surface area contributed by atoms with Crippen LogP contribution in [0.5, 0.6) is 5.75 Å². The molecule has 0 unspecified atom stereocenters. The molecule has 1 aliphatic rings. The van der Waals surface area contributed by atoms with E-state index in [-0.39, 0.29) is 0 Å². The summed E-state index contributed by atoms with van der Waals surface area (Å²) in [5.41, 5.74) is 3.41. The van der Waals surface area contributed by atoms with Crippen molar-refractivity contribution in [2.24, 2.45) is 4.99 Å². The summed E-state index contributed by atoms with van der Waals surface area (Å²) in [5, 5.41) is 0. The van der Waals surface area contributed by atoms with Crippen molar-refractivity contribution in [3.8, 4) is 5.75 Å². The molecule has 0 amide bonds. The highest BCUT2D eigenvalue weighted by Gasteiger charge is 2.16. The van der Waals surface area contributed by atoms with Crippen molar-refractivity contribution >= 4 is 42.1 Å². The SMILES string of the molecule is COc1cc(C(C)C)c(SI)cc1C1=COC=NC1. The zero-order valence-electron chi connectivity index (χ0n) is 11.1. The van der Waals surface area contributed by atoms with Gasteiger partial charge in [-0.2, -0.15) is 0 Å². The average molecular weight is 389 g/mol. The molecule has 1 aliphatic heterocycles. The molecule has 1 aromatic rings. The van der Waals surface area contributed by atoms with Gasteiger partial charge in [0, 0.05) is 37.2 Å². The molecule has 5 heteroatoms. The standard InChI is InChI=1S/C14H16INO2S/c1-9(2)11-4-13(17-3)12(5-14(11)19-15)10-6-16-8-18-7-10/h4-5,7-9H,6H2,1-3H3. The van der Waals surface area contributed by atoms with Crippen LogP contribution in [-0.4, -0.2) is 20.1 Å². The lowest BCUT2D eigenvalue weighted by Crippen LogP contribution is -2.02. The van der Waals surface area contributed by atoms with Crippen molar-refractivity contribution < 1.29 is 9.47 Å².